The van der Waals surface area contributed by atoms with Crippen LogP contribution in [0.2, 0.25) is 0 Å². The summed E-state index contributed by atoms with van der Waals surface area (Å²) in [5, 5.41) is 0. The van der Waals surface area contributed by atoms with Crippen LogP contribution in [0.4, 0.5) is 19.0 Å². The standard InChI is InChI=1S/C15H18F3N3O3/c1-9(13(19)22)24-14(23)10-4-6-21(7-5-10)12-3-2-11(8-20-12)15(16,17)18/h2-3,8-10H,4-7H2,1H3,(H2,19,22)/t9-/m1/s1. The van der Waals surface area contributed by atoms with E-state index in [4.69, 9.17) is 10.5 Å². The van der Waals surface area contributed by atoms with Crippen molar-refractivity contribution < 1.29 is 27.5 Å². The molecule has 1 fully saturated rings. The number of pyridine rings is 1. The molecule has 1 amide bonds. The van der Waals surface area contributed by atoms with Crippen molar-refractivity contribution in [2.45, 2.75) is 32.0 Å². The van der Waals surface area contributed by atoms with E-state index in [0.717, 1.165) is 12.3 Å². The zero-order valence-corrected chi connectivity index (χ0v) is 13.0. The Labute approximate surface area is 136 Å². The van der Waals surface area contributed by atoms with E-state index in [2.05, 4.69) is 4.98 Å². The van der Waals surface area contributed by atoms with Gasteiger partial charge < -0.3 is 15.4 Å². The van der Waals surface area contributed by atoms with Crippen molar-refractivity contribution in [2.75, 3.05) is 18.0 Å². The van der Waals surface area contributed by atoms with Gasteiger partial charge in [-0.1, -0.05) is 0 Å². The van der Waals surface area contributed by atoms with E-state index in [1.807, 2.05) is 0 Å². The molecule has 132 valence electrons. The molecule has 2 rings (SSSR count). The zero-order valence-electron chi connectivity index (χ0n) is 13.0. The number of anilines is 1. The van der Waals surface area contributed by atoms with E-state index in [9.17, 15) is 22.8 Å². The topological polar surface area (TPSA) is 85.5 Å². The van der Waals surface area contributed by atoms with Gasteiger partial charge >= 0.3 is 12.1 Å². The summed E-state index contributed by atoms with van der Waals surface area (Å²) in [5.41, 5.74) is 4.24. The van der Waals surface area contributed by atoms with E-state index in [-0.39, 0.29) is 5.92 Å². The SMILES string of the molecule is C[C@@H](OC(=O)C1CCN(c2ccc(C(F)(F)F)cn2)CC1)C(N)=O. The average Bonchev–Trinajstić information content (AvgIpc) is 2.54. The number of esters is 1. The molecule has 1 aromatic rings. The van der Waals surface area contributed by atoms with Gasteiger partial charge in [0.15, 0.2) is 6.10 Å². The number of aromatic nitrogens is 1. The second-order valence-corrected chi connectivity index (χ2v) is 5.65. The molecule has 0 bridgehead atoms. The monoisotopic (exact) mass is 345 g/mol. The summed E-state index contributed by atoms with van der Waals surface area (Å²) < 4.78 is 42.5. The lowest BCUT2D eigenvalue weighted by Gasteiger charge is -2.32. The van der Waals surface area contributed by atoms with Gasteiger partial charge in [-0.25, -0.2) is 4.98 Å². The first-order valence-corrected chi connectivity index (χ1v) is 7.46. The number of ether oxygens (including phenoxy) is 1. The van der Waals surface area contributed by atoms with Gasteiger partial charge in [-0.3, -0.25) is 9.59 Å². The summed E-state index contributed by atoms with van der Waals surface area (Å²) in [4.78, 5) is 28.5. The number of hydrogen-bond donors (Lipinski definition) is 1. The van der Waals surface area contributed by atoms with Gasteiger partial charge in [0.1, 0.15) is 5.82 Å². The first-order chi connectivity index (χ1) is 11.2. The van der Waals surface area contributed by atoms with Gasteiger partial charge in [0.05, 0.1) is 11.5 Å². The van der Waals surface area contributed by atoms with Crippen molar-refractivity contribution in [1.29, 1.82) is 0 Å². The smallest absolute Gasteiger partial charge is 0.417 e. The quantitative estimate of drug-likeness (QED) is 0.840. The number of piperidine rings is 1. The van der Waals surface area contributed by atoms with Gasteiger partial charge in [-0.05, 0) is 31.9 Å². The van der Waals surface area contributed by atoms with Crippen LogP contribution in [0, 0.1) is 5.92 Å². The zero-order chi connectivity index (χ0) is 17.9. The minimum atomic E-state index is -4.42. The molecule has 2 N–H and O–H groups in total. The lowest BCUT2D eigenvalue weighted by molar-refractivity contribution is -0.158. The van der Waals surface area contributed by atoms with Crippen LogP contribution >= 0.6 is 0 Å². The number of hydrogen-bond acceptors (Lipinski definition) is 5. The van der Waals surface area contributed by atoms with E-state index in [1.165, 1.54) is 13.0 Å². The van der Waals surface area contributed by atoms with E-state index in [1.54, 1.807) is 4.90 Å². The third-order valence-corrected chi connectivity index (χ3v) is 3.92. The Morgan fingerprint density at radius 2 is 1.96 bits per heavy atom. The minimum Gasteiger partial charge on any atom is -0.452 e. The summed E-state index contributed by atoms with van der Waals surface area (Å²) in [7, 11) is 0. The van der Waals surface area contributed by atoms with E-state index >= 15 is 0 Å². The molecule has 1 atom stereocenters. The highest BCUT2D eigenvalue weighted by Gasteiger charge is 2.32. The van der Waals surface area contributed by atoms with Gasteiger partial charge in [0.25, 0.3) is 5.91 Å². The van der Waals surface area contributed by atoms with E-state index in [0.29, 0.717) is 31.7 Å². The van der Waals surface area contributed by atoms with Crippen LogP contribution in [-0.4, -0.2) is 36.1 Å². The van der Waals surface area contributed by atoms with Gasteiger partial charge in [-0.15, -0.1) is 0 Å². The molecule has 1 aliphatic rings. The highest BCUT2D eigenvalue weighted by Crippen LogP contribution is 2.30. The third-order valence-electron chi connectivity index (χ3n) is 3.92. The Morgan fingerprint density at radius 3 is 2.42 bits per heavy atom. The molecular formula is C15H18F3N3O3. The van der Waals surface area contributed by atoms with Crippen molar-refractivity contribution in [3.05, 3.63) is 23.9 Å². The summed E-state index contributed by atoms with van der Waals surface area (Å²) in [6, 6.07) is 2.30. The Balaban J connectivity index is 1.90. The molecule has 1 saturated heterocycles. The van der Waals surface area contributed by atoms with Crippen LogP contribution in [0.5, 0.6) is 0 Å². The Morgan fingerprint density at radius 1 is 1.33 bits per heavy atom. The fourth-order valence-electron chi connectivity index (χ4n) is 2.41. The predicted octanol–water partition coefficient (Wildman–Crippen LogP) is 1.73. The number of carbonyl (C=O) groups excluding carboxylic acids is 2. The fourth-order valence-corrected chi connectivity index (χ4v) is 2.41. The molecule has 0 unspecified atom stereocenters. The maximum absolute atomic E-state index is 12.5. The second-order valence-electron chi connectivity index (χ2n) is 5.65. The number of alkyl halides is 3. The van der Waals surface area contributed by atoms with Crippen molar-refractivity contribution in [3.8, 4) is 0 Å². The van der Waals surface area contributed by atoms with Crippen molar-refractivity contribution in [1.82, 2.24) is 4.98 Å². The van der Waals surface area contributed by atoms with Crippen LogP contribution in [0.3, 0.4) is 0 Å². The molecule has 0 spiro atoms. The average molecular weight is 345 g/mol. The van der Waals surface area contributed by atoms with Gasteiger partial charge in [-0.2, -0.15) is 13.2 Å². The van der Waals surface area contributed by atoms with E-state index < -0.39 is 29.7 Å². The predicted molar refractivity (Wildman–Crippen MR) is 78.9 cm³/mol. The number of halogens is 3. The molecule has 0 saturated carbocycles. The third kappa shape index (κ3) is 4.36. The number of nitrogens with two attached hydrogens (primary N) is 1. The van der Waals surface area contributed by atoms with Gasteiger partial charge in [0.2, 0.25) is 0 Å². The Hall–Kier alpha value is -2.32. The van der Waals surface area contributed by atoms with Crippen LogP contribution in [-0.2, 0) is 20.5 Å². The summed E-state index contributed by atoms with van der Waals surface area (Å²) in [5.74, 6) is -1.13. The number of nitrogens with zero attached hydrogens (tertiary/aromatic N) is 2. The molecule has 24 heavy (non-hydrogen) atoms. The first kappa shape index (κ1) is 18.0. The summed E-state index contributed by atoms with van der Waals surface area (Å²) in [6.07, 6.45) is -3.67. The maximum atomic E-state index is 12.5. The van der Waals surface area contributed by atoms with Crippen LogP contribution < -0.4 is 10.6 Å². The lowest BCUT2D eigenvalue weighted by atomic mass is 9.97. The molecule has 0 aliphatic carbocycles. The molecule has 2 heterocycles. The number of amides is 1. The number of rotatable bonds is 4. The van der Waals surface area contributed by atoms with Crippen molar-refractivity contribution in [3.63, 3.8) is 0 Å². The second kappa shape index (κ2) is 7.06. The molecule has 1 aliphatic heterocycles. The highest BCUT2D eigenvalue weighted by molar-refractivity contribution is 5.82. The number of carbonyl (C=O) groups is 2. The number of primary amides is 1. The normalized spacial score (nSPS) is 17.4. The molecule has 1 aromatic heterocycles. The Bertz CT molecular complexity index is 596. The molecule has 9 heteroatoms. The Kier molecular flexibility index (Phi) is 5.30. The fraction of sp³-hybridized carbons (Fsp3) is 0.533. The largest absolute Gasteiger partial charge is 0.452 e. The molecular weight excluding hydrogens is 327 g/mol. The maximum Gasteiger partial charge on any atom is 0.417 e. The molecule has 6 nitrogen and oxygen atoms in total. The molecule has 0 aromatic carbocycles. The minimum absolute atomic E-state index is 0.363. The van der Waals surface area contributed by atoms with Crippen LogP contribution in [0.1, 0.15) is 25.3 Å². The molecule has 0 radical (unpaired) electrons. The van der Waals surface area contributed by atoms with Crippen LogP contribution in [0.25, 0.3) is 0 Å². The summed E-state index contributed by atoms with van der Waals surface area (Å²) in [6.45, 7) is 2.33. The van der Waals surface area contributed by atoms with Crippen LogP contribution in [0.15, 0.2) is 18.3 Å². The lowest BCUT2D eigenvalue weighted by Crippen LogP contribution is -2.39. The van der Waals surface area contributed by atoms with Crippen molar-refractivity contribution in [2.24, 2.45) is 11.7 Å². The summed E-state index contributed by atoms with van der Waals surface area (Å²) >= 11 is 0. The van der Waals surface area contributed by atoms with Gasteiger partial charge in [0, 0.05) is 19.3 Å². The highest BCUT2D eigenvalue weighted by atomic mass is 19.4. The first-order valence-electron chi connectivity index (χ1n) is 7.46. The van der Waals surface area contributed by atoms with Crippen molar-refractivity contribution >= 4 is 17.7 Å².